The molecule has 172 valence electrons. The Hall–Kier alpha value is -3.83. The lowest BCUT2D eigenvalue weighted by atomic mass is 10.0. The second kappa shape index (κ2) is 11.3. The highest BCUT2D eigenvalue weighted by molar-refractivity contribution is 5.83. The molecule has 5 nitrogen and oxygen atoms in total. The Labute approximate surface area is 200 Å². The number of Topliss-reactive ketones (excluding diaryl/α,β-unsaturated/α-hetero) is 1. The van der Waals surface area contributed by atoms with Gasteiger partial charge in [-0.1, -0.05) is 66.7 Å². The summed E-state index contributed by atoms with van der Waals surface area (Å²) in [6.45, 7) is 2.56. The summed E-state index contributed by atoms with van der Waals surface area (Å²) >= 11 is 0. The van der Waals surface area contributed by atoms with Crippen LogP contribution in [0.3, 0.4) is 0 Å². The van der Waals surface area contributed by atoms with E-state index in [-0.39, 0.29) is 18.8 Å². The molecule has 1 aromatic heterocycles. The smallest absolute Gasteiger partial charge is 0.143 e. The molecule has 0 aliphatic rings. The van der Waals surface area contributed by atoms with Crippen LogP contribution in [0, 0.1) is 0 Å². The minimum atomic E-state index is 0.000615. The number of ether oxygens (including phenoxy) is 1. The Morgan fingerprint density at radius 3 is 2.21 bits per heavy atom. The molecule has 0 atom stereocenters. The predicted octanol–water partition coefficient (Wildman–Crippen LogP) is 4.98. The van der Waals surface area contributed by atoms with Gasteiger partial charge < -0.3 is 9.84 Å². The molecule has 0 saturated heterocycles. The second-order valence-corrected chi connectivity index (χ2v) is 8.14. The van der Waals surface area contributed by atoms with Gasteiger partial charge in [-0.05, 0) is 35.7 Å². The van der Waals surface area contributed by atoms with Crippen molar-refractivity contribution >= 4 is 5.78 Å². The van der Waals surface area contributed by atoms with E-state index >= 15 is 0 Å². The second-order valence-electron chi connectivity index (χ2n) is 8.14. The van der Waals surface area contributed by atoms with Gasteiger partial charge in [-0.25, -0.2) is 4.98 Å². The Morgan fingerprint density at radius 2 is 1.53 bits per heavy atom. The normalized spacial score (nSPS) is 10.8. The van der Waals surface area contributed by atoms with E-state index in [1.165, 1.54) is 0 Å². The lowest BCUT2D eigenvalue weighted by molar-refractivity contribution is -0.117. The van der Waals surface area contributed by atoms with E-state index in [0.29, 0.717) is 25.1 Å². The van der Waals surface area contributed by atoms with E-state index in [4.69, 9.17) is 9.72 Å². The van der Waals surface area contributed by atoms with Crippen molar-refractivity contribution in [1.82, 2.24) is 9.97 Å². The molecule has 0 radical (unpaired) electrons. The Bertz CT molecular complexity index is 1220. The minimum absolute atomic E-state index is 0.000615. The summed E-state index contributed by atoms with van der Waals surface area (Å²) in [5, 5.41) is 9.30. The number of hydrogen-bond donors (Lipinski definition) is 1. The summed E-state index contributed by atoms with van der Waals surface area (Å²) in [6, 6.07) is 25.3. The zero-order valence-corrected chi connectivity index (χ0v) is 19.3. The fourth-order valence-corrected chi connectivity index (χ4v) is 3.80. The predicted molar refractivity (Wildman–Crippen MR) is 133 cm³/mol. The first kappa shape index (κ1) is 23.3. The molecule has 5 heteroatoms. The summed E-state index contributed by atoms with van der Waals surface area (Å²) in [5.41, 5.74) is 6.09. The van der Waals surface area contributed by atoms with Crippen LogP contribution in [0.15, 0.2) is 85.1 Å². The van der Waals surface area contributed by atoms with Gasteiger partial charge in [0.2, 0.25) is 0 Å². The zero-order chi connectivity index (χ0) is 23.8. The quantitative estimate of drug-likeness (QED) is 0.367. The van der Waals surface area contributed by atoms with Gasteiger partial charge in [0.15, 0.2) is 0 Å². The van der Waals surface area contributed by atoms with Crippen molar-refractivity contribution in [2.24, 2.45) is 0 Å². The number of rotatable bonds is 10. The number of aliphatic hydroxyl groups is 1. The maximum Gasteiger partial charge on any atom is 0.143 e. The number of ketones is 1. The first-order chi connectivity index (χ1) is 16.6. The molecule has 1 heterocycles. The van der Waals surface area contributed by atoms with Gasteiger partial charge in [-0.15, -0.1) is 0 Å². The number of carbonyl (C=O) groups excluding carboxylic acids is 1. The average molecular weight is 453 g/mol. The molecule has 4 aromatic rings. The maximum atomic E-state index is 12.9. The molecule has 0 saturated carbocycles. The number of benzene rings is 3. The first-order valence-corrected chi connectivity index (χ1v) is 11.5. The monoisotopic (exact) mass is 452 g/mol. The van der Waals surface area contributed by atoms with Crippen LogP contribution in [0.25, 0.3) is 11.3 Å². The van der Waals surface area contributed by atoms with Crippen LogP contribution < -0.4 is 4.74 Å². The molecule has 0 aliphatic heterocycles. The van der Waals surface area contributed by atoms with Crippen molar-refractivity contribution in [2.45, 2.75) is 32.8 Å². The lowest BCUT2D eigenvalue weighted by Gasteiger charge is -2.11. The molecule has 0 unspecified atom stereocenters. The van der Waals surface area contributed by atoms with E-state index in [2.05, 4.69) is 17.1 Å². The molecular weight excluding hydrogens is 424 g/mol. The SMILES string of the molecule is CCOc1ccc(CC(=O)Cc2ncc(-c3ccc(CO)cc3)nc2Cc2ccccc2)cc1. The van der Waals surface area contributed by atoms with Crippen molar-refractivity contribution in [3.05, 3.63) is 113 Å². The molecule has 0 aliphatic carbocycles. The molecule has 0 bridgehead atoms. The van der Waals surface area contributed by atoms with E-state index in [1.807, 2.05) is 73.7 Å². The molecular formula is C29H28N2O3. The van der Waals surface area contributed by atoms with Crippen LogP contribution in [0.5, 0.6) is 5.75 Å². The van der Waals surface area contributed by atoms with Crippen molar-refractivity contribution in [2.75, 3.05) is 6.61 Å². The third kappa shape index (κ3) is 6.15. The molecule has 34 heavy (non-hydrogen) atoms. The van der Waals surface area contributed by atoms with E-state index in [0.717, 1.165) is 39.4 Å². The van der Waals surface area contributed by atoms with Gasteiger partial charge in [0.05, 0.1) is 42.9 Å². The van der Waals surface area contributed by atoms with Crippen LogP contribution in [0.2, 0.25) is 0 Å². The van der Waals surface area contributed by atoms with Crippen LogP contribution in [-0.2, 0) is 30.7 Å². The minimum Gasteiger partial charge on any atom is -0.494 e. The topological polar surface area (TPSA) is 72.3 Å². The van der Waals surface area contributed by atoms with Crippen LogP contribution >= 0.6 is 0 Å². The standard InChI is InChI=1S/C29H28N2O3/c1-2-34-26-14-10-22(11-15-26)16-25(33)18-27-28(17-21-6-4-3-5-7-21)31-29(19-30-27)24-12-8-23(20-32)9-13-24/h3-15,19,32H,2,16-18,20H2,1H3. The fraction of sp³-hybridized carbons (Fsp3) is 0.207. The van der Waals surface area contributed by atoms with Gasteiger partial charge >= 0.3 is 0 Å². The number of aliphatic hydroxyl groups excluding tert-OH is 1. The third-order valence-corrected chi connectivity index (χ3v) is 5.58. The average Bonchev–Trinajstić information content (AvgIpc) is 2.87. The van der Waals surface area contributed by atoms with Gasteiger partial charge in [-0.2, -0.15) is 0 Å². The van der Waals surface area contributed by atoms with Crippen LogP contribution in [-0.4, -0.2) is 27.5 Å². The number of nitrogens with zero attached hydrogens (tertiary/aromatic N) is 2. The Morgan fingerprint density at radius 1 is 0.824 bits per heavy atom. The molecule has 0 amide bonds. The third-order valence-electron chi connectivity index (χ3n) is 5.58. The summed E-state index contributed by atoms with van der Waals surface area (Å²) in [5.74, 6) is 0.894. The Balaban J connectivity index is 1.56. The number of hydrogen-bond acceptors (Lipinski definition) is 5. The van der Waals surface area contributed by atoms with Gasteiger partial charge in [-0.3, -0.25) is 9.78 Å². The van der Waals surface area contributed by atoms with Crippen molar-refractivity contribution in [1.29, 1.82) is 0 Å². The largest absolute Gasteiger partial charge is 0.494 e. The molecule has 1 N–H and O–H groups in total. The summed E-state index contributed by atoms with van der Waals surface area (Å²) < 4.78 is 5.48. The van der Waals surface area contributed by atoms with Crippen molar-refractivity contribution in [3.63, 3.8) is 0 Å². The maximum absolute atomic E-state index is 12.9. The van der Waals surface area contributed by atoms with Gasteiger partial charge in [0, 0.05) is 18.4 Å². The number of carbonyl (C=O) groups is 1. The molecule has 0 fully saturated rings. The summed E-state index contributed by atoms with van der Waals surface area (Å²) in [4.78, 5) is 22.5. The highest BCUT2D eigenvalue weighted by Crippen LogP contribution is 2.21. The zero-order valence-electron chi connectivity index (χ0n) is 19.3. The summed E-state index contributed by atoms with van der Waals surface area (Å²) in [7, 11) is 0. The molecule has 4 rings (SSSR count). The fourth-order valence-electron chi connectivity index (χ4n) is 3.80. The lowest BCUT2D eigenvalue weighted by Crippen LogP contribution is -2.12. The van der Waals surface area contributed by atoms with Crippen molar-refractivity contribution < 1.29 is 14.6 Å². The first-order valence-electron chi connectivity index (χ1n) is 11.5. The highest BCUT2D eigenvalue weighted by atomic mass is 16.5. The highest BCUT2D eigenvalue weighted by Gasteiger charge is 2.14. The van der Waals surface area contributed by atoms with Crippen LogP contribution in [0.4, 0.5) is 0 Å². The number of aromatic nitrogens is 2. The van der Waals surface area contributed by atoms with Gasteiger partial charge in [0.1, 0.15) is 11.5 Å². The Kier molecular flexibility index (Phi) is 7.79. The van der Waals surface area contributed by atoms with E-state index in [9.17, 15) is 9.90 Å². The van der Waals surface area contributed by atoms with E-state index < -0.39 is 0 Å². The molecule has 0 spiro atoms. The molecule has 3 aromatic carbocycles. The van der Waals surface area contributed by atoms with Crippen LogP contribution in [0.1, 0.15) is 35.0 Å². The summed E-state index contributed by atoms with van der Waals surface area (Å²) in [6.07, 6.45) is 2.89. The van der Waals surface area contributed by atoms with Gasteiger partial charge in [0.25, 0.3) is 0 Å². The van der Waals surface area contributed by atoms with Crippen molar-refractivity contribution in [3.8, 4) is 17.0 Å². The van der Waals surface area contributed by atoms with E-state index in [1.54, 1.807) is 6.20 Å².